The van der Waals surface area contributed by atoms with Crippen molar-refractivity contribution in [2.24, 2.45) is 7.05 Å². The number of pyridine rings is 1. The fourth-order valence-corrected chi connectivity index (χ4v) is 4.04. The summed E-state index contributed by atoms with van der Waals surface area (Å²) in [7, 11) is 1.88. The molecule has 0 spiro atoms. The SMILES string of the molecule is Cn1ccc(NCCc2nc(-c3cc(Cl)c4ncccc4c3)c(-c3ccccc3)nc2N)n1. The van der Waals surface area contributed by atoms with E-state index in [0.717, 1.165) is 39.2 Å². The summed E-state index contributed by atoms with van der Waals surface area (Å²) < 4.78 is 1.75. The molecule has 0 aliphatic heterocycles. The van der Waals surface area contributed by atoms with Crippen LogP contribution in [0.5, 0.6) is 0 Å². The second-order valence-corrected chi connectivity index (χ2v) is 8.11. The van der Waals surface area contributed by atoms with Gasteiger partial charge in [-0.05, 0) is 18.2 Å². The van der Waals surface area contributed by atoms with E-state index < -0.39 is 0 Å². The first kappa shape index (κ1) is 20.9. The molecule has 0 saturated carbocycles. The maximum Gasteiger partial charge on any atom is 0.147 e. The highest BCUT2D eigenvalue weighted by Crippen LogP contribution is 2.34. The van der Waals surface area contributed by atoms with E-state index in [1.807, 2.05) is 73.9 Å². The van der Waals surface area contributed by atoms with Crippen LogP contribution in [0.2, 0.25) is 5.02 Å². The zero-order chi connectivity index (χ0) is 22.8. The Bertz CT molecular complexity index is 1430. The molecular formula is C25H22ClN7. The lowest BCUT2D eigenvalue weighted by molar-refractivity contribution is 0.767. The number of nitrogen functional groups attached to an aromatic ring is 1. The summed E-state index contributed by atoms with van der Waals surface area (Å²) in [5.41, 5.74) is 11.1. The lowest BCUT2D eigenvalue weighted by Crippen LogP contribution is -2.11. The number of rotatable bonds is 6. The van der Waals surface area contributed by atoms with Crippen LogP contribution in [0, 0.1) is 0 Å². The van der Waals surface area contributed by atoms with Crippen LogP contribution in [-0.4, -0.2) is 31.3 Å². The van der Waals surface area contributed by atoms with E-state index in [-0.39, 0.29) is 0 Å². The van der Waals surface area contributed by atoms with Crippen LogP contribution in [0.25, 0.3) is 33.4 Å². The summed E-state index contributed by atoms with van der Waals surface area (Å²) >= 11 is 6.58. The number of aromatic nitrogens is 5. The van der Waals surface area contributed by atoms with Gasteiger partial charge in [-0.2, -0.15) is 5.10 Å². The van der Waals surface area contributed by atoms with Crippen LogP contribution in [0.3, 0.4) is 0 Å². The van der Waals surface area contributed by atoms with E-state index in [2.05, 4.69) is 15.4 Å². The van der Waals surface area contributed by atoms with Crippen LogP contribution in [0.4, 0.5) is 11.6 Å². The number of anilines is 2. The minimum Gasteiger partial charge on any atom is -0.382 e. The maximum absolute atomic E-state index is 6.58. The predicted molar refractivity (Wildman–Crippen MR) is 133 cm³/mol. The van der Waals surface area contributed by atoms with E-state index in [4.69, 9.17) is 27.3 Å². The maximum atomic E-state index is 6.58. The summed E-state index contributed by atoms with van der Waals surface area (Å²) in [6.07, 6.45) is 4.22. The number of nitrogens with two attached hydrogens (primary N) is 1. The van der Waals surface area contributed by atoms with Crippen molar-refractivity contribution < 1.29 is 0 Å². The standard InChI is InChI=1S/C25H22ClN7/c1-33-13-10-21(32-33)28-12-9-20-25(27)31-23(16-6-3-2-4-7-16)24(30-20)18-14-17-8-5-11-29-22(17)19(26)15-18/h2-8,10-11,13-15H,9,12H2,1H3,(H2,27,31)(H,28,32). The van der Waals surface area contributed by atoms with Crippen LogP contribution >= 0.6 is 11.6 Å². The number of nitrogens with one attached hydrogen (secondary N) is 1. The van der Waals surface area contributed by atoms with Crippen molar-refractivity contribution in [3.63, 3.8) is 0 Å². The minimum absolute atomic E-state index is 0.411. The Morgan fingerprint density at radius 2 is 1.79 bits per heavy atom. The molecule has 0 amide bonds. The summed E-state index contributed by atoms with van der Waals surface area (Å²) in [5, 5.41) is 9.14. The number of hydrogen-bond donors (Lipinski definition) is 2. The topological polar surface area (TPSA) is 94.5 Å². The fourth-order valence-electron chi connectivity index (χ4n) is 3.77. The van der Waals surface area contributed by atoms with Gasteiger partial charge in [0, 0.05) is 55.0 Å². The first-order chi connectivity index (χ1) is 16.1. The number of hydrogen-bond acceptors (Lipinski definition) is 6. The highest BCUT2D eigenvalue weighted by atomic mass is 35.5. The molecule has 8 heteroatoms. The molecule has 5 rings (SSSR count). The van der Waals surface area contributed by atoms with E-state index in [1.165, 1.54) is 0 Å². The average molecular weight is 456 g/mol. The van der Waals surface area contributed by atoms with E-state index in [1.54, 1.807) is 10.9 Å². The zero-order valence-corrected chi connectivity index (χ0v) is 18.8. The number of halogens is 1. The van der Waals surface area contributed by atoms with Crippen LogP contribution < -0.4 is 11.1 Å². The highest BCUT2D eigenvalue weighted by molar-refractivity contribution is 6.35. The van der Waals surface area contributed by atoms with Crippen molar-refractivity contribution in [3.8, 4) is 22.5 Å². The molecule has 0 aliphatic rings. The van der Waals surface area contributed by atoms with Crippen molar-refractivity contribution in [2.45, 2.75) is 6.42 Å². The van der Waals surface area contributed by atoms with Crippen LogP contribution in [0.1, 0.15) is 5.69 Å². The highest BCUT2D eigenvalue weighted by Gasteiger charge is 2.17. The summed E-state index contributed by atoms with van der Waals surface area (Å²) in [5.74, 6) is 1.22. The van der Waals surface area contributed by atoms with Crippen LogP contribution in [-0.2, 0) is 13.5 Å². The van der Waals surface area contributed by atoms with Gasteiger partial charge in [-0.3, -0.25) is 9.67 Å². The molecule has 2 aromatic carbocycles. The Labute approximate surface area is 196 Å². The quantitative estimate of drug-likeness (QED) is 0.375. The molecule has 5 aromatic rings. The van der Waals surface area contributed by atoms with Gasteiger partial charge in [-0.15, -0.1) is 0 Å². The third kappa shape index (κ3) is 4.36. The van der Waals surface area contributed by atoms with Gasteiger partial charge in [-0.25, -0.2) is 9.97 Å². The lowest BCUT2D eigenvalue weighted by Gasteiger charge is -2.14. The molecular weight excluding hydrogens is 434 g/mol. The summed E-state index contributed by atoms with van der Waals surface area (Å²) in [6.45, 7) is 0.627. The smallest absolute Gasteiger partial charge is 0.147 e. The van der Waals surface area contributed by atoms with Gasteiger partial charge < -0.3 is 11.1 Å². The Hall–Kier alpha value is -3.97. The Kier molecular flexibility index (Phi) is 5.62. The van der Waals surface area contributed by atoms with E-state index in [9.17, 15) is 0 Å². The van der Waals surface area contributed by atoms with Crippen molar-refractivity contribution in [2.75, 3.05) is 17.6 Å². The molecule has 3 N–H and O–H groups in total. The summed E-state index contributed by atoms with van der Waals surface area (Å²) in [4.78, 5) is 14.1. The molecule has 3 aromatic heterocycles. The molecule has 0 aliphatic carbocycles. The number of fused-ring (bicyclic) bond motifs is 1. The molecule has 0 unspecified atom stereocenters. The molecule has 0 radical (unpaired) electrons. The van der Waals surface area contributed by atoms with E-state index in [0.29, 0.717) is 29.5 Å². The van der Waals surface area contributed by atoms with Gasteiger partial charge in [-0.1, -0.05) is 48.0 Å². The van der Waals surface area contributed by atoms with Crippen molar-refractivity contribution in [1.82, 2.24) is 24.7 Å². The monoisotopic (exact) mass is 455 g/mol. The van der Waals surface area contributed by atoms with Gasteiger partial charge >= 0.3 is 0 Å². The predicted octanol–water partition coefficient (Wildman–Crippen LogP) is 4.98. The Morgan fingerprint density at radius 3 is 2.58 bits per heavy atom. The second kappa shape index (κ2) is 8.88. The van der Waals surface area contributed by atoms with Gasteiger partial charge in [0.15, 0.2) is 0 Å². The molecule has 3 heterocycles. The number of nitrogens with zero attached hydrogens (tertiary/aromatic N) is 5. The fraction of sp³-hybridized carbons (Fsp3) is 0.120. The summed E-state index contributed by atoms with van der Waals surface area (Å²) in [6, 6.07) is 19.6. The number of aryl methyl sites for hydroxylation is 1. The molecule has 0 atom stereocenters. The van der Waals surface area contributed by atoms with Gasteiger partial charge in [0.05, 0.1) is 27.6 Å². The van der Waals surface area contributed by atoms with Crippen LogP contribution in [0.15, 0.2) is 73.1 Å². The Morgan fingerprint density at radius 1 is 0.970 bits per heavy atom. The third-order valence-electron chi connectivity index (χ3n) is 5.36. The van der Waals surface area contributed by atoms with Gasteiger partial charge in [0.1, 0.15) is 11.6 Å². The molecule has 0 fully saturated rings. The van der Waals surface area contributed by atoms with Crippen molar-refractivity contribution in [1.29, 1.82) is 0 Å². The minimum atomic E-state index is 0.411. The van der Waals surface area contributed by atoms with Gasteiger partial charge in [0.2, 0.25) is 0 Å². The first-order valence-electron chi connectivity index (χ1n) is 10.6. The first-order valence-corrected chi connectivity index (χ1v) is 11.0. The molecule has 33 heavy (non-hydrogen) atoms. The zero-order valence-electron chi connectivity index (χ0n) is 18.0. The van der Waals surface area contributed by atoms with Crippen molar-refractivity contribution >= 4 is 34.1 Å². The average Bonchev–Trinajstić information content (AvgIpc) is 3.25. The molecule has 164 valence electrons. The lowest BCUT2D eigenvalue weighted by atomic mass is 10.0. The Balaban J connectivity index is 1.57. The number of benzene rings is 2. The van der Waals surface area contributed by atoms with Crippen molar-refractivity contribution in [3.05, 3.63) is 83.8 Å². The molecule has 7 nitrogen and oxygen atoms in total. The second-order valence-electron chi connectivity index (χ2n) is 7.70. The third-order valence-corrected chi connectivity index (χ3v) is 5.65. The van der Waals surface area contributed by atoms with E-state index >= 15 is 0 Å². The normalized spacial score (nSPS) is 11.1. The molecule has 0 saturated heterocycles. The van der Waals surface area contributed by atoms with Gasteiger partial charge in [0.25, 0.3) is 0 Å². The molecule has 0 bridgehead atoms. The largest absolute Gasteiger partial charge is 0.382 e.